The van der Waals surface area contributed by atoms with Crippen LogP contribution in [0.3, 0.4) is 0 Å². The highest BCUT2D eigenvalue weighted by Gasteiger charge is 2.44. The number of halogens is 5. The molecule has 0 radical (unpaired) electrons. The van der Waals surface area contributed by atoms with Gasteiger partial charge in [-0.1, -0.05) is 31.9 Å². The Morgan fingerprint density at radius 2 is 1.03 bits per heavy atom. The summed E-state index contributed by atoms with van der Waals surface area (Å²) in [6.45, 7) is 2.37. The number of ether oxygens (including phenoxy) is 2. The largest absolute Gasteiger partial charge is 0.573 e. The number of benzene rings is 1. The second kappa shape index (κ2) is 11.7. The normalized spacial score (nSPS) is 32.4. The molecule has 3 aliphatic rings. The van der Waals surface area contributed by atoms with Crippen LogP contribution in [0.5, 0.6) is 11.5 Å². The molecule has 0 unspecified atom stereocenters. The molecule has 0 heterocycles. The van der Waals surface area contributed by atoms with Crippen molar-refractivity contribution in [3.63, 3.8) is 0 Å². The molecule has 4 rings (SSSR count). The summed E-state index contributed by atoms with van der Waals surface area (Å²) in [5.74, 6) is 2.13. The molecular formula is C29H39F5O2. The predicted molar refractivity (Wildman–Crippen MR) is 130 cm³/mol. The zero-order valence-corrected chi connectivity index (χ0v) is 21.1. The summed E-state index contributed by atoms with van der Waals surface area (Å²) < 4.78 is 74.9. The first-order chi connectivity index (χ1) is 17.1. The van der Waals surface area contributed by atoms with Gasteiger partial charge in [-0.3, -0.25) is 0 Å². The Balaban J connectivity index is 1.18. The zero-order chi connectivity index (χ0) is 25.8. The number of hydrogen-bond acceptors (Lipinski definition) is 2. The lowest BCUT2D eigenvalue weighted by Gasteiger charge is -2.37. The third-order valence-electron chi connectivity index (χ3n) is 8.76. The van der Waals surface area contributed by atoms with Crippen LogP contribution in [0, 0.1) is 35.5 Å². The van der Waals surface area contributed by atoms with Crippen molar-refractivity contribution < 1.29 is 31.4 Å². The molecule has 0 aliphatic heterocycles. The van der Waals surface area contributed by atoms with E-state index in [9.17, 15) is 22.0 Å². The maximum atomic E-state index is 14.7. The molecule has 0 spiro atoms. The van der Waals surface area contributed by atoms with Gasteiger partial charge < -0.3 is 9.47 Å². The van der Waals surface area contributed by atoms with Gasteiger partial charge in [0, 0.05) is 0 Å². The number of allylic oxidation sites excluding steroid dienone is 2. The van der Waals surface area contributed by atoms with Crippen LogP contribution in [0.25, 0.3) is 0 Å². The average Bonchev–Trinajstić information content (AvgIpc) is 2.84. The summed E-state index contributed by atoms with van der Waals surface area (Å²) >= 11 is 0. The van der Waals surface area contributed by atoms with Crippen molar-refractivity contribution in [1.29, 1.82) is 0 Å². The lowest BCUT2D eigenvalue weighted by molar-refractivity contribution is -0.274. The van der Waals surface area contributed by atoms with Gasteiger partial charge in [0.2, 0.25) is 0 Å². The number of hydrogen-bond donors (Lipinski definition) is 0. The molecule has 1 aromatic rings. The molecule has 0 atom stereocenters. The van der Waals surface area contributed by atoms with E-state index in [1.807, 2.05) is 0 Å². The van der Waals surface area contributed by atoms with Crippen LogP contribution in [0.4, 0.5) is 22.0 Å². The van der Waals surface area contributed by atoms with E-state index in [2.05, 4.69) is 23.8 Å². The van der Waals surface area contributed by atoms with Crippen LogP contribution < -0.4 is 9.47 Å². The Morgan fingerprint density at radius 3 is 1.50 bits per heavy atom. The van der Waals surface area contributed by atoms with Crippen LogP contribution >= 0.6 is 0 Å². The molecule has 3 aliphatic carbocycles. The van der Waals surface area contributed by atoms with E-state index < -0.39 is 24.1 Å². The molecule has 0 saturated heterocycles. The topological polar surface area (TPSA) is 18.5 Å². The molecule has 0 amide bonds. The standard InChI is InChI=1S/C29H39F5O2/c1-20-2-10-23(11-3-20)24-12-6-21(7-13-24)4-5-22-8-14-25(15-9-22)28(30,31)35-26-16-18-27(19-17-26)36-29(32,33)34/h4-5,16-25H,2-3,6-15H2,1H3/b5-4+. The lowest BCUT2D eigenvalue weighted by atomic mass is 9.69. The fourth-order valence-electron chi connectivity index (χ4n) is 6.48. The number of rotatable bonds is 7. The minimum Gasteiger partial charge on any atom is -0.432 e. The van der Waals surface area contributed by atoms with Crippen LogP contribution in [0.15, 0.2) is 36.4 Å². The van der Waals surface area contributed by atoms with Crippen molar-refractivity contribution in [3.8, 4) is 11.5 Å². The quantitative estimate of drug-likeness (QED) is 0.266. The molecule has 36 heavy (non-hydrogen) atoms. The van der Waals surface area contributed by atoms with Crippen molar-refractivity contribution in [3.05, 3.63) is 36.4 Å². The summed E-state index contributed by atoms with van der Waals surface area (Å²) in [6.07, 6.45) is 9.30. The number of alkyl halides is 5. The first-order valence-electron chi connectivity index (χ1n) is 13.7. The van der Waals surface area contributed by atoms with E-state index in [1.54, 1.807) is 0 Å². The van der Waals surface area contributed by atoms with Crippen molar-refractivity contribution in [2.45, 2.75) is 96.4 Å². The monoisotopic (exact) mass is 514 g/mol. The molecule has 3 saturated carbocycles. The lowest BCUT2D eigenvalue weighted by Crippen LogP contribution is -2.37. The van der Waals surface area contributed by atoms with Crippen LogP contribution in [0.2, 0.25) is 0 Å². The van der Waals surface area contributed by atoms with Gasteiger partial charge in [0.05, 0.1) is 5.92 Å². The third kappa shape index (κ3) is 7.85. The Hall–Kier alpha value is -1.79. The first kappa shape index (κ1) is 27.3. The van der Waals surface area contributed by atoms with E-state index in [4.69, 9.17) is 4.74 Å². The van der Waals surface area contributed by atoms with Gasteiger partial charge in [0.15, 0.2) is 0 Å². The second-order valence-corrected chi connectivity index (χ2v) is 11.4. The highest BCUT2D eigenvalue weighted by atomic mass is 19.4. The van der Waals surface area contributed by atoms with Gasteiger partial charge in [-0.15, -0.1) is 13.2 Å². The van der Waals surface area contributed by atoms with E-state index in [0.717, 1.165) is 42.0 Å². The van der Waals surface area contributed by atoms with Gasteiger partial charge in [-0.25, -0.2) is 0 Å². The van der Waals surface area contributed by atoms with Crippen molar-refractivity contribution in [2.24, 2.45) is 35.5 Å². The van der Waals surface area contributed by atoms with Gasteiger partial charge in [-0.2, -0.15) is 8.78 Å². The summed E-state index contributed by atoms with van der Waals surface area (Å²) in [7, 11) is 0. The molecule has 3 fully saturated rings. The summed E-state index contributed by atoms with van der Waals surface area (Å²) in [5, 5.41) is 0. The summed E-state index contributed by atoms with van der Waals surface area (Å²) in [4.78, 5) is 0. The van der Waals surface area contributed by atoms with Gasteiger partial charge in [-0.05, 0) is 118 Å². The van der Waals surface area contributed by atoms with Crippen molar-refractivity contribution >= 4 is 0 Å². The fourth-order valence-corrected chi connectivity index (χ4v) is 6.48. The van der Waals surface area contributed by atoms with Crippen LogP contribution in [-0.2, 0) is 0 Å². The Morgan fingerprint density at radius 1 is 0.611 bits per heavy atom. The second-order valence-electron chi connectivity index (χ2n) is 11.4. The summed E-state index contributed by atoms with van der Waals surface area (Å²) in [5.41, 5.74) is 0. The van der Waals surface area contributed by atoms with Gasteiger partial charge >= 0.3 is 12.5 Å². The highest BCUT2D eigenvalue weighted by Crippen LogP contribution is 2.43. The Labute approximate surface area is 211 Å². The van der Waals surface area contributed by atoms with Crippen molar-refractivity contribution in [1.82, 2.24) is 0 Å². The van der Waals surface area contributed by atoms with Gasteiger partial charge in [0.1, 0.15) is 11.5 Å². The SMILES string of the molecule is CC1CCC(C2CCC(/C=C/C3CCC(C(F)(F)Oc4ccc(OC(F)(F)F)cc4)CC3)CC2)CC1. The van der Waals surface area contributed by atoms with Crippen LogP contribution in [0.1, 0.15) is 84.0 Å². The van der Waals surface area contributed by atoms with E-state index >= 15 is 0 Å². The van der Waals surface area contributed by atoms with Crippen molar-refractivity contribution in [2.75, 3.05) is 0 Å². The molecule has 0 aromatic heterocycles. The summed E-state index contributed by atoms with van der Waals surface area (Å²) in [6, 6.07) is 4.10. The van der Waals surface area contributed by atoms with E-state index in [-0.39, 0.29) is 5.75 Å². The third-order valence-corrected chi connectivity index (χ3v) is 8.76. The van der Waals surface area contributed by atoms with E-state index in [1.165, 1.54) is 51.4 Å². The Kier molecular flexibility index (Phi) is 8.87. The molecule has 202 valence electrons. The van der Waals surface area contributed by atoms with Gasteiger partial charge in [0.25, 0.3) is 0 Å². The minimum atomic E-state index is -4.83. The molecule has 0 N–H and O–H groups in total. The smallest absolute Gasteiger partial charge is 0.432 e. The maximum Gasteiger partial charge on any atom is 0.573 e. The highest BCUT2D eigenvalue weighted by molar-refractivity contribution is 5.31. The molecular weight excluding hydrogens is 475 g/mol. The fraction of sp³-hybridized carbons (Fsp3) is 0.724. The molecule has 2 nitrogen and oxygen atoms in total. The minimum absolute atomic E-state index is 0.171. The van der Waals surface area contributed by atoms with E-state index in [0.29, 0.717) is 37.5 Å². The molecule has 0 bridgehead atoms. The predicted octanol–water partition coefficient (Wildman–Crippen LogP) is 9.55. The zero-order valence-electron chi connectivity index (χ0n) is 21.1. The maximum absolute atomic E-state index is 14.7. The molecule has 1 aromatic carbocycles. The molecule has 7 heteroatoms. The van der Waals surface area contributed by atoms with Crippen LogP contribution in [-0.4, -0.2) is 12.5 Å². The average molecular weight is 515 g/mol. The Bertz CT molecular complexity index is 826. The first-order valence-corrected chi connectivity index (χ1v) is 13.7.